The highest BCUT2D eigenvalue weighted by atomic mass is 35.5. The Hall–Kier alpha value is -1.95. The summed E-state index contributed by atoms with van der Waals surface area (Å²) in [6, 6.07) is 10.3. The summed E-state index contributed by atoms with van der Waals surface area (Å²) in [4.78, 5) is 25.9. The van der Waals surface area contributed by atoms with Gasteiger partial charge in [0.25, 0.3) is 5.91 Å². The molecule has 5 nitrogen and oxygen atoms in total. The molecule has 8 heteroatoms. The second-order valence-electron chi connectivity index (χ2n) is 5.62. The Morgan fingerprint density at radius 2 is 1.63 bits per heavy atom. The lowest BCUT2D eigenvalue weighted by molar-refractivity contribution is -0.133. The maximum absolute atomic E-state index is 12.2. The lowest BCUT2D eigenvalue weighted by atomic mass is 10.2. The molecule has 2 rings (SSSR count). The van der Waals surface area contributed by atoms with Gasteiger partial charge in [0, 0.05) is 13.6 Å². The summed E-state index contributed by atoms with van der Waals surface area (Å²) in [6.07, 6.45) is 0. The number of esters is 1. The number of rotatable bonds is 7. The normalized spacial score (nSPS) is 10.4. The largest absolute Gasteiger partial charge is 0.494 e. The van der Waals surface area contributed by atoms with Crippen molar-refractivity contribution < 1.29 is 19.1 Å². The van der Waals surface area contributed by atoms with Crippen molar-refractivity contribution in [1.29, 1.82) is 0 Å². The van der Waals surface area contributed by atoms with Crippen LogP contribution in [0.1, 0.15) is 22.8 Å². The quantitative estimate of drug-likeness (QED) is 0.465. The summed E-state index contributed by atoms with van der Waals surface area (Å²) in [6.45, 7) is 2.42. The summed E-state index contributed by atoms with van der Waals surface area (Å²) in [7, 11) is 1.62. The van der Waals surface area contributed by atoms with Crippen molar-refractivity contribution in [2.24, 2.45) is 0 Å². The third kappa shape index (κ3) is 5.76. The molecule has 1 amide bonds. The van der Waals surface area contributed by atoms with Crippen molar-refractivity contribution in [2.75, 3.05) is 20.3 Å². The summed E-state index contributed by atoms with van der Waals surface area (Å²) >= 11 is 17.8. The topological polar surface area (TPSA) is 55.8 Å². The van der Waals surface area contributed by atoms with Crippen molar-refractivity contribution in [3.63, 3.8) is 0 Å². The molecule has 0 aliphatic carbocycles. The van der Waals surface area contributed by atoms with E-state index in [1.54, 1.807) is 7.05 Å². The van der Waals surface area contributed by atoms with Gasteiger partial charge < -0.3 is 14.4 Å². The number of carbonyl (C=O) groups excluding carboxylic acids is 2. The smallest absolute Gasteiger partial charge is 0.341 e. The third-order valence-electron chi connectivity index (χ3n) is 3.65. The van der Waals surface area contributed by atoms with Gasteiger partial charge in [-0.1, -0.05) is 46.9 Å². The number of hydrogen-bond donors (Lipinski definition) is 0. The van der Waals surface area contributed by atoms with E-state index in [1.165, 1.54) is 17.0 Å². The number of benzene rings is 2. The molecule has 0 aromatic heterocycles. The van der Waals surface area contributed by atoms with Gasteiger partial charge in [-0.3, -0.25) is 4.79 Å². The van der Waals surface area contributed by atoms with Crippen LogP contribution in [-0.2, 0) is 16.1 Å². The standard InChI is InChI=1S/C19H18Cl3NO4/c1-3-26-13-6-4-12(5-7-13)10-23(2)16(24)11-27-19(25)17-14(20)8-9-15(21)18(17)22/h4-9H,3,10-11H2,1-2H3. The Morgan fingerprint density at radius 3 is 2.26 bits per heavy atom. The molecule has 0 unspecified atom stereocenters. The summed E-state index contributed by atoms with van der Waals surface area (Å²) in [5, 5.41) is 0.265. The fraction of sp³-hybridized carbons (Fsp3) is 0.263. The van der Waals surface area contributed by atoms with Gasteiger partial charge in [0.05, 0.1) is 27.2 Å². The van der Waals surface area contributed by atoms with Gasteiger partial charge in [-0.25, -0.2) is 4.79 Å². The zero-order valence-corrected chi connectivity index (χ0v) is 17.1. The second-order valence-corrected chi connectivity index (χ2v) is 6.81. The van der Waals surface area contributed by atoms with Crippen molar-refractivity contribution in [2.45, 2.75) is 13.5 Å². The molecule has 0 N–H and O–H groups in total. The minimum atomic E-state index is -0.810. The van der Waals surface area contributed by atoms with E-state index in [9.17, 15) is 9.59 Å². The van der Waals surface area contributed by atoms with Gasteiger partial charge >= 0.3 is 5.97 Å². The maximum atomic E-state index is 12.2. The summed E-state index contributed by atoms with van der Waals surface area (Å²) in [5.41, 5.74) is 0.856. The fourth-order valence-electron chi connectivity index (χ4n) is 2.24. The zero-order chi connectivity index (χ0) is 20.0. The molecule has 0 saturated carbocycles. The molecule has 0 aliphatic rings. The van der Waals surface area contributed by atoms with Crippen LogP contribution in [0, 0.1) is 0 Å². The average molecular weight is 431 g/mol. The number of amides is 1. The molecule has 0 atom stereocenters. The predicted molar refractivity (Wildman–Crippen MR) is 106 cm³/mol. The number of halogens is 3. The molecule has 0 bridgehead atoms. The molecule has 0 radical (unpaired) electrons. The minimum absolute atomic E-state index is 0.00985. The number of nitrogens with zero attached hydrogens (tertiary/aromatic N) is 1. The third-order valence-corrected chi connectivity index (χ3v) is 4.77. The first-order valence-corrected chi connectivity index (χ1v) is 9.23. The molecule has 0 saturated heterocycles. The lowest BCUT2D eigenvalue weighted by Crippen LogP contribution is -2.30. The van der Waals surface area contributed by atoms with Crippen LogP contribution in [0.2, 0.25) is 15.1 Å². The molecule has 0 aliphatic heterocycles. The van der Waals surface area contributed by atoms with E-state index >= 15 is 0 Å². The van der Waals surface area contributed by atoms with Gasteiger partial charge in [0.15, 0.2) is 6.61 Å². The summed E-state index contributed by atoms with van der Waals surface area (Å²) < 4.78 is 10.4. The van der Waals surface area contributed by atoms with E-state index in [0.29, 0.717) is 13.2 Å². The van der Waals surface area contributed by atoms with E-state index in [2.05, 4.69) is 0 Å². The lowest BCUT2D eigenvalue weighted by Gasteiger charge is -2.18. The highest BCUT2D eigenvalue weighted by Gasteiger charge is 2.20. The van der Waals surface area contributed by atoms with E-state index in [1.807, 2.05) is 31.2 Å². The van der Waals surface area contributed by atoms with Gasteiger partial charge in [-0.05, 0) is 36.8 Å². The Labute approximate surface area is 172 Å². The van der Waals surface area contributed by atoms with Crippen molar-refractivity contribution in [3.05, 3.63) is 62.6 Å². The Morgan fingerprint density at radius 1 is 1.00 bits per heavy atom. The molecule has 2 aromatic carbocycles. The molecule has 2 aromatic rings. The highest BCUT2D eigenvalue weighted by Crippen LogP contribution is 2.31. The monoisotopic (exact) mass is 429 g/mol. The highest BCUT2D eigenvalue weighted by molar-refractivity contribution is 6.46. The molecule has 27 heavy (non-hydrogen) atoms. The van der Waals surface area contributed by atoms with Crippen LogP contribution in [0.4, 0.5) is 0 Å². The Bertz CT molecular complexity index is 824. The van der Waals surface area contributed by atoms with Gasteiger partial charge in [-0.15, -0.1) is 0 Å². The zero-order valence-electron chi connectivity index (χ0n) is 14.8. The first kappa shape index (κ1) is 21.4. The van der Waals surface area contributed by atoms with E-state index in [-0.39, 0.29) is 26.5 Å². The molecular formula is C19H18Cl3NO4. The first-order valence-electron chi connectivity index (χ1n) is 8.09. The van der Waals surface area contributed by atoms with Crippen LogP contribution in [0.15, 0.2) is 36.4 Å². The van der Waals surface area contributed by atoms with Crippen molar-refractivity contribution in [1.82, 2.24) is 4.90 Å². The van der Waals surface area contributed by atoms with Crippen molar-refractivity contribution in [3.8, 4) is 5.75 Å². The van der Waals surface area contributed by atoms with Crippen LogP contribution >= 0.6 is 34.8 Å². The van der Waals surface area contributed by atoms with E-state index in [4.69, 9.17) is 44.3 Å². The molecular weight excluding hydrogens is 413 g/mol. The van der Waals surface area contributed by atoms with Crippen LogP contribution in [-0.4, -0.2) is 37.0 Å². The van der Waals surface area contributed by atoms with E-state index < -0.39 is 12.6 Å². The Balaban J connectivity index is 1.93. The van der Waals surface area contributed by atoms with Crippen LogP contribution in [0.25, 0.3) is 0 Å². The van der Waals surface area contributed by atoms with Crippen LogP contribution in [0.5, 0.6) is 5.75 Å². The first-order chi connectivity index (χ1) is 12.8. The predicted octanol–water partition coefficient (Wildman–Crippen LogP) is 4.86. The van der Waals surface area contributed by atoms with Gasteiger partial charge in [-0.2, -0.15) is 0 Å². The van der Waals surface area contributed by atoms with Gasteiger partial charge in [0.2, 0.25) is 0 Å². The van der Waals surface area contributed by atoms with E-state index in [0.717, 1.165) is 11.3 Å². The number of ether oxygens (including phenoxy) is 2. The summed E-state index contributed by atoms with van der Waals surface area (Å²) in [5.74, 6) is -0.415. The number of hydrogen-bond acceptors (Lipinski definition) is 4. The number of likely N-dealkylation sites (N-methyl/N-ethyl adjacent to an activating group) is 1. The van der Waals surface area contributed by atoms with Crippen LogP contribution < -0.4 is 4.74 Å². The molecule has 0 fully saturated rings. The number of carbonyl (C=O) groups is 2. The maximum Gasteiger partial charge on any atom is 0.341 e. The fourth-order valence-corrected chi connectivity index (χ4v) is 2.93. The molecule has 0 spiro atoms. The van der Waals surface area contributed by atoms with Gasteiger partial charge in [0.1, 0.15) is 5.75 Å². The molecule has 0 heterocycles. The van der Waals surface area contributed by atoms with Crippen molar-refractivity contribution >= 4 is 46.7 Å². The Kier molecular flexibility index (Phi) is 7.78. The molecule has 144 valence electrons. The SMILES string of the molecule is CCOc1ccc(CN(C)C(=O)COC(=O)c2c(Cl)ccc(Cl)c2Cl)cc1. The second kappa shape index (κ2) is 9.83. The van der Waals surface area contributed by atoms with Crippen LogP contribution in [0.3, 0.4) is 0 Å². The average Bonchev–Trinajstić information content (AvgIpc) is 2.65. The minimum Gasteiger partial charge on any atom is -0.494 e.